The van der Waals surface area contributed by atoms with E-state index in [0.29, 0.717) is 6.54 Å². The van der Waals surface area contributed by atoms with Crippen LogP contribution in [-0.2, 0) is 6.42 Å². The molecule has 0 spiro atoms. The Morgan fingerprint density at radius 1 is 1.00 bits per heavy atom. The summed E-state index contributed by atoms with van der Waals surface area (Å²) in [6, 6.07) is 16.2. The zero-order valence-corrected chi connectivity index (χ0v) is 17.6. The van der Waals surface area contributed by atoms with Crippen molar-refractivity contribution in [2.24, 2.45) is 0 Å². The molecule has 29 heavy (non-hydrogen) atoms. The number of benzene rings is 2. The lowest BCUT2D eigenvalue weighted by Gasteiger charge is -2.28. The smallest absolute Gasteiger partial charge is 0.128 e. The summed E-state index contributed by atoms with van der Waals surface area (Å²) < 4.78 is 5.85. The Kier molecular flexibility index (Phi) is 6.52. The molecule has 0 bridgehead atoms. The second-order valence-corrected chi connectivity index (χ2v) is 7.96. The molecule has 0 saturated carbocycles. The second kappa shape index (κ2) is 8.91. The van der Waals surface area contributed by atoms with Crippen molar-refractivity contribution < 1.29 is 9.84 Å². The molecule has 4 aromatic rings. The van der Waals surface area contributed by atoms with Crippen LogP contribution >= 0.6 is 12.4 Å². The van der Waals surface area contributed by atoms with Gasteiger partial charge < -0.3 is 25.1 Å². The molecule has 4 rings (SSSR count). The summed E-state index contributed by atoms with van der Waals surface area (Å²) in [4.78, 5) is 6.50. The number of fused-ring (bicyclic) bond motifs is 2. The van der Waals surface area contributed by atoms with Gasteiger partial charge >= 0.3 is 0 Å². The van der Waals surface area contributed by atoms with Gasteiger partial charge in [0.25, 0.3) is 0 Å². The third kappa shape index (κ3) is 4.93. The minimum atomic E-state index is -0.587. The van der Waals surface area contributed by atoms with Gasteiger partial charge in [0.1, 0.15) is 18.5 Å². The van der Waals surface area contributed by atoms with Gasteiger partial charge in [0.15, 0.2) is 0 Å². The number of hydrogen-bond acceptors (Lipinski definition) is 3. The van der Waals surface area contributed by atoms with Crippen LogP contribution in [0, 0.1) is 0 Å². The molecule has 0 aliphatic heterocycles. The van der Waals surface area contributed by atoms with Gasteiger partial charge in [0, 0.05) is 46.3 Å². The average Bonchev–Trinajstić information content (AvgIpc) is 3.32. The van der Waals surface area contributed by atoms with Gasteiger partial charge in [-0.15, -0.1) is 12.4 Å². The topological polar surface area (TPSA) is 73.1 Å². The number of β-amino-alcohol motifs (C(OH)–C–C–N with tert-alkyl or cyclic N) is 1. The number of ether oxygens (including phenoxy) is 1. The highest BCUT2D eigenvalue weighted by atomic mass is 35.5. The van der Waals surface area contributed by atoms with E-state index in [1.165, 1.54) is 10.9 Å². The lowest BCUT2D eigenvalue weighted by Crippen LogP contribution is -2.46. The Bertz CT molecular complexity index is 1070. The van der Waals surface area contributed by atoms with E-state index in [9.17, 15) is 5.11 Å². The number of aliphatic hydroxyl groups is 1. The maximum absolute atomic E-state index is 10.4. The van der Waals surface area contributed by atoms with Crippen molar-refractivity contribution in [1.82, 2.24) is 15.3 Å². The molecule has 0 radical (unpaired) electrons. The predicted octanol–water partition coefficient (Wildman–Crippen LogP) is 4.42. The fraction of sp³-hybridized carbons (Fsp3) is 0.304. The monoisotopic (exact) mass is 413 g/mol. The first-order valence-electron chi connectivity index (χ1n) is 9.69. The Hall–Kier alpha value is -2.47. The number of nitrogens with one attached hydrogen (secondary N) is 3. The molecule has 0 aliphatic rings. The molecule has 0 fully saturated rings. The van der Waals surface area contributed by atoms with E-state index < -0.39 is 6.10 Å². The Balaban J connectivity index is 0.00000240. The lowest BCUT2D eigenvalue weighted by molar-refractivity contribution is 0.0996. The molecule has 2 aromatic heterocycles. The molecule has 0 unspecified atom stereocenters. The molecule has 0 saturated heterocycles. The first-order valence-corrected chi connectivity index (χ1v) is 9.69. The van der Waals surface area contributed by atoms with Crippen LogP contribution in [0.3, 0.4) is 0 Å². The summed E-state index contributed by atoms with van der Waals surface area (Å²) in [6.45, 7) is 5.03. The highest BCUT2D eigenvalue weighted by Gasteiger charge is 2.21. The van der Waals surface area contributed by atoms with Crippen molar-refractivity contribution >= 4 is 34.2 Å². The average molecular weight is 414 g/mol. The van der Waals surface area contributed by atoms with Gasteiger partial charge in [0.2, 0.25) is 0 Å². The van der Waals surface area contributed by atoms with Crippen molar-refractivity contribution in [3.8, 4) is 5.75 Å². The van der Waals surface area contributed by atoms with E-state index in [1.807, 2.05) is 36.5 Å². The standard InChI is InChI=1S/C23H27N3O2.ClH/c1-23(2,12-16-13-25-20-7-4-3-6-18(16)20)26-14-17(27)15-28-22-9-5-8-21-19(22)10-11-24-21;/h3-11,13,17,24-27H,12,14-15H2,1-2H3;1H/t17-;/m1./s1. The summed E-state index contributed by atoms with van der Waals surface area (Å²) >= 11 is 0. The summed E-state index contributed by atoms with van der Waals surface area (Å²) in [5, 5.41) is 16.2. The summed E-state index contributed by atoms with van der Waals surface area (Å²) in [6.07, 6.45) is 4.25. The molecular formula is C23H28ClN3O2. The predicted molar refractivity (Wildman–Crippen MR) is 121 cm³/mol. The Morgan fingerprint density at radius 3 is 2.62 bits per heavy atom. The molecule has 4 N–H and O–H groups in total. The summed E-state index contributed by atoms with van der Waals surface area (Å²) in [5.41, 5.74) is 3.32. The van der Waals surface area contributed by atoms with Crippen LogP contribution in [0.15, 0.2) is 60.9 Å². The van der Waals surface area contributed by atoms with Gasteiger partial charge in [-0.05, 0) is 50.1 Å². The number of halogens is 1. The van der Waals surface area contributed by atoms with Crippen molar-refractivity contribution in [1.29, 1.82) is 0 Å². The highest BCUT2D eigenvalue weighted by molar-refractivity contribution is 5.86. The van der Waals surface area contributed by atoms with Crippen molar-refractivity contribution in [2.75, 3.05) is 13.2 Å². The van der Waals surface area contributed by atoms with Crippen LogP contribution in [0.2, 0.25) is 0 Å². The maximum Gasteiger partial charge on any atom is 0.128 e. The van der Waals surface area contributed by atoms with E-state index in [0.717, 1.165) is 28.6 Å². The zero-order chi connectivity index (χ0) is 19.6. The first kappa shape index (κ1) is 21.2. The molecule has 154 valence electrons. The fourth-order valence-corrected chi connectivity index (χ4v) is 3.64. The van der Waals surface area contributed by atoms with Crippen LogP contribution in [0.4, 0.5) is 0 Å². The summed E-state index contributed by atoms with van der Waals surface area (Å²) in [5.74, 6) is 0.788. The third-order valence-electron chi connectivity index (χ3n) is 5.11. The number of aliphatic hydroxyl groups excluding tert-OH is 1. The molecular weight excluding hydrogens is 386 g/mol. The van der Waals surface area contributed by atoms with Crippen LogP contribution in [0.5, 0.6) is 5.75 Å². The third-order valence-corrected chi connectivity index (χ3v) is 5.11. The van der Waals surface area contributed by atoms with Crippen molar-refractivity contribution in [3.05, 3.63) is 66.5 Å². The first-order chi connectivity index (χ1) is 13.5. The Morgan fingerprint density at radius 2 is 1.76 bits per heavy atom. The number of para-hydroxylation sites is 1. The van der Waals surface area contributed by atoms with E-state index in [-0.39, 0.29) is 24.6 Å². The number of rotatable bonds is 8. The number of aromatic amines is 2. The normalized spacial score (nSPS) is 12.8. The molecule has 2 aromatic carbocycles. The molecule has 6 heteroatoms. The molecule has 0 aliphatic carbocycles. The SMILES string of the molecule is CC(C)(Cc1c[nH]c2ccccc12)NC[C@@H](O)COc1cccc2[nH]ccc12.Cl. The van der Waals surface area contributed by atoms with Gasteiger partial charge in [-0.2, -0.15) is 0 Å². The molecule has 1 atom stereocenters. The quantitative estimate of drug-likeness (QED) is 0.345. The largest absolute Gasteiger partial charge is 0.490 e. The number of H-pyrrole nitrogens is 2. The maximum atomic E-state index is 10.4. The van der Waals surface area contributed by atoms with Gasteiger partial charge in [-0.25, -0.2) is 0 Å². The zero-order valence-electron chi connectivity index (χ0n) is 16.7. The minimum Gasteiger partial charge on any atom is -0.490 e. The molecule has 2 heterocycles. The van der Waals surface area contributed by atoms with Crippen LogP contribution < -0.4 is 10.1 Å². The highest BCUT2D eigenvalue weighted by Crippen LogP contribution is 2.25. The van der Waals surface area contributed by atoms with E-state index in [2.05, 4.69) is 53.5 Å². The van der Waals surface area contributed by atoms with E-state index in [1.54, 1.807) is 0 Å². The van der Waals surface area contributed by atoms with Gasteiger partial charge in [0.05, 0.1) is 0 Å². The van der Waals surface area contributed by atoms with Crippen LogP contribution in [-0.4, -0.2) is 39.9 Å². The Labute approximate surface area is 176 Å². The minimum absolute atomic E-state index is 0. The fourth-order valence-electron chi connectivity index (χ4n) is 3.64. The lowest BCUT2D eigenvalue weighted by atomic mass is 9.94. The molecule has 0 amide bonds. The van der Waals surface area contributed by atoms with Gasteiger partial charge in [-0.1, -0.05) is 24.3 Å². The van der Waals surface area contributed by atoms with Crippen LogP contribution in [0.25, 0.3) is 21.8 Å². The summed E-state index contributed by atoms with van der Waals surface area (Å²) in [7, 11) is 0. The van der Waals surface area contributed by atoms with Crippen molar-refractivity contribution in [3.63, 3.8) is 0 Å². The van der Waals surface area contributed by atoms with E-state index in [4.69, 9.17) is 4.74 Å². The van der Waals surface area contributed by atoms with Crippen molar-refractivity contribution in [2.45, 2.75) is 31.9 Å². The number of hydrogen-bond donors (Lipinski definition) is 4. The number of aromatic nitrogens is 2. The second-order valence-electron chi connectivity index (χ2n) is 7.96. The van der Waals surface area contributed by atoms with Gasteiger partial charge in [-0.3, -0.25) is 0 Å². The van der Waals surface area contributed by atoms with Crippen LogP contribution in [0.1, 0.15) is 19.4 Å². The molecule has 5 nitrogen and oxygen atoms in total. The van der Waals surface area contributed by atoms with E-state index >= 15 is 0 Å².